The monoisotopic (exact) mass is 355 g/mol. The van der Waals surface area contributed by atoms with Gasteiger partial charge >= 0.3 is 0 Å². The number of para-hydroxylation sites is 2. The van der Waals surface area contributed by atoms with E-state index in [0.29, 0.717) is 17.0 Å². The van der Waals surface area contributed by atoms with Crippen molar-refractivity contribution in [2.24, 2.45) is 5.10 Å². The summed E-state index contributed by atoms with van der Waals surface area (Å²) in [6.45, 7) is 1.99. The second-order valence-corrected chi connectivity index (χ2v) is 5.43. The Hall–Kier alpha value is -3.35. The molecule has 2 amide bonds. The first kappa shape index (κ1) is 19.0. The molecule has 0 bridgehead atoms. The highest BCUT2D eigenvalue weighted by molar-refractivity contribution is 6.04. The van der Waals surface area contributed by atoms with Gasteiger partial charge in [-0.05, 0) is 30.2 Å². The number of anilines is 1. The third-order valence-electron chi connectivity index (χ3n) is 3.64. The van der Waals surface area contributed by atoms with E-state index in [0.717, 1.165) is 12.0 Å². The smallest absolute Gasteiger partial charge is 0.249 e. The molecular weight excluding hydrogens is 334 g/mol. The highest BCUT2D eigenvalue weighted by atomic mass is 16.5. The molecule has 0 unspecified atom stereocenters. The van der Waals surface area contributed by atoms with Crippen molar-refractivity contribution < 1.29 is 19.4 Å². The lowest BCUT2D eigenvalue weighted by atomic mass is 10.1. The van der Waals surface area contributed by atoms with Crippen LogP contribution in [0.3, 0.4) is 0 Å². The number of phenols is 1. The van der Waals surface area contributed by atoms with E-state index in [1.165, 1.54) is 13.3 Å². The summed E-state index contributed by atoms with van der Waals surface area (Å²) in [5.74, 6) is -0.769. The molecule has 0 aliphatic heterocycles. The van der Waals surface area contributed by atoms with Crippen molar-refractivity contribution >= 4 is 23.7 Å². The molecule has 0 fully saturated rings. The molecule has 0 saturated carbocycles. The molecule has 0 spiro atoms. The second-order valence-electron chi connectivity index (χ2n) is 5.43. The van der Waals surface area contributed by atoms with E-state index in [1.54, 1.807) is 24.3 Å². The lowest BCUT2D eigenvalue weighted by Gasteiger charge is -2.09. The Morgan fingerprint density at radius 1 is 1.15 bits per heavy atom. The summed E-state index contributed by atoms with van der Waals surface area (Å²) < 4.78 is 4.99. The predicted molar refractivity (Wildman–Crippen MR) is 99.5 cm³/mol. The Kier molecular flexibility index (Phi) is 6.73. The molecule has 2 rings (SSSR count). The van der Waals surface area contributed by atoms with Crippen molar-refractivity contribution in [1.29, 1.82) is 0 Å². The van der Waals surface area contributed by atoms with Gasteiger partial charge in [-0.15, -0.1) is 0 Å². The topological polar surface area (TPSA) is 100 Å². The Morgan fingerprint density at radius 2 is 1.92 bits per heavy atom. The number of carbonyl (C=O) groups is 2. The minimum absolute atomic E-state index is 0.0816. The molecule has 7 nitrogen and oxygen atoms in total. The van der Waals surface area contributed by atoms with Crippen LogP contribution in [-0.4, -0.2) is 30.2 Å². The number of hydrogen-bond donors (Lipinski definition) is 3. The van der Waals surface area contributed by atoms with E-state index in [-0.39, 0.29) is 12.2 Å². The number of phenolic OH excluding ortho intramolecular Hbond substituents is 1. The molecule has 7 heteroatoms. The second kappa shape index (κ2) is 9.22. The summed E-state index contributed by atoms with van der Waals surface area (Å²) in [6, 6.07) is 12.3. The molecule has 2 aromatic rings. The normalized spacial score (nSPS) is 10.5. The molecule has 0 atom stereocenters. The van der Waals surface area contributed by atoms with Crippen molar-refractivity contribution in [3.8, 4) is 11.5 Å². The average Bonchev–Trinajstić information content (AvgIpc) is 2.63. The fourth-order valence-electron chi connectivity index (χ4n) is 2.31. The van der Waals surface area contributed by atoms with E-state index in [2.05, 4.69) is 15.8 Å². The number of hydrogen-bond acceptors (Lipinski definition) is 5. The number of nitrogens with zero attached hydrogens (tertiary/aromatic N) is 1. The molecule has 136 valence electrons. The number of benzene rings is 2. The SMILES string of the molecule is CCc1ccccc1NC(=O)CC(=O)NN=Cc1cccc(OC)c1O. The van der Waals surface area contributed by atoms with E-state index < -0.39 is 11.8 Å². The fraction of sp³-hybridized carbons (Fsp3) is 0.211. The summed E-state index contributed by atoms with van der Waals surface area (Å²) >= 11 is 0. The van der Waals surface area contributed by atoms with Crippen LogP contribution in [0.2, 0.25) is 0 Å². The first-order valence-corrected chi connectivity index (χ1v) is 8.10. The van der Waals surface area contributed by atoms with Gasteiger partial charge in [-0.3, -0.25) is 9.59 Å². The maximum atomic E-state index is 12.0. The number of carbonyl (C=O) groups excluding carboxylic acids is 2. The quantitative estimate of drug-likeness (QED) is 0.403. The molecule has 3 N–H and O–H groups in total. The molecule has 0 aromatic heterocycles. The van der Waals surface area contributed by atoms with Crippen molar-refractivity contribution in [3.63, 3.8) is 0 Å². The minimum Gasteiger partial charge on any atom is -0.504 e. The van der Waals surface area contributed by atoms with Crippen molar-refractivity contribution in [3.05, 3.63) is 53.6 Å². The number of methoxy groups -OCH3 is 1. The van der Waals surface area contributed by atoms with Crippen molar-refractivity contribution in [2.45, 2.75) is 19.8 Å². The Balaban J connectivity index is 1.89. The van der Waals surface area contributed by atoms with Crippen molar-refractivity contribution in [1.82, 2.24) is 5.43 Å². The van der Waals surface area contributed by atoms with Gasteiger partial charge in [0, 0.05) is 11.3 Å². The molecular formula is C19H21N3O4. The molecule has 0 radical (unpaired) electrons. The molecule has 26 heavy (non-hydrogen) atoms. The predicted octanol–water partition coefficient (Wildman–Crippen LogP) is 2.44. The molecule has 0 saturated heterocycles. The number of aromatic hydroxyl groups is 1. The highest BCUT2D eigenvalue weighted by Crippen LogP contribution is 2.27. The van der Waals surface area contributed by atoms with E-state index >= 15 is 0 Å². The largest absolute Gasteiger partial charge is 0.504 e. The maximum Gasteiger partial charge on any atom is 0.249 e. The maximum absolute atomic E-state index is 12.0. The van der Waals surface area contributed by atoms with Crippen LogP contribution >= 0.6 is 0 Å². The number of ether oxygens (including phenoxy) is 1. The standard InChI is InChI=1S/C19H21N3O4/c1-3-13-7-4-5-9-15(13)21-17(23)11-18(24)22-20-12-14-8-6-10-16(26-2)19(14)25/h4-10,12,25H,3,11H2,1-2H3,(H,21,23)(H,22,24). The zero-order chi connectivity index (χ0) is 18.9. The highest BCUT2D eigenvalue weighted by Gasteiger charge is 2.11. The van der Waals surface area contributed by atoms with Gasteiger partial charge < -0.3 is 15.2 Å². The van der Waals surface area contributed by atoms with Crippen molar-refractivity contribution in [2.75, 3.05) is 12.4 Å². The van der Waals surface area contributed by atoms with Gasteiger partial charge in [0.2, 0.25) is 11.8 Å². The summed E-state index contributed by atoms with van der Waals surface area (Å²) in [5.41, 5.74) is 4.32. The Morgan fingerprint density at radius 3 is 2.65 bits per heavy atom. The van der Waals surface area contributed by atoms with E-state index in [4.69, 9.17) is 4.74 Å². The fourth-order valence-corrected chi connectivity index (χ4v) is 2.31. The zero-order valence-electron chi connectivity index (χ0n) is 14.7. The minimum atomic E-state index is -0.560. The third kappa shape index (κ3) is 5.07. The van der Waals surface area contributed by atoms with Crippen LogP contribution in [0.1, 0.15) is 24.5 Å². The molecule has 0 heterocycles. The number of hydrazone groups is 1. The molecule has 0 aliphatic carbocycles. The lowest BCUT2D eigenvalue weighted by molar-refractivity contribution is -0.126. The average molecular weight is 355 g/mol. The van der Waals surface area contributed by atoms with Gasteiger partial charge in [0.05, 0.1) is 13.3 Å². The number of nitrogens with one attached hydrogen (secondary N) is 2. The van der Waals surface area contributed by atoms with Gasteiger partial charge in [0.15, 0.2) is 11.5 Å². The van der Waals surface area contributed by atoms with Gasteiger partial charge in [0.1, 0.15) is 6.42 Å². The van der Waals surface area contributed by atoms with Crippen LogP contribution in [0.5, 0.6) is 11.5 Å². The first-order valence-electron chi connectivity index (χ1n) is 8.10. The zero-order valence-corrected chi connectivity index (χ0v) is 14.7. The number of amides is 2. The van der Waals surface area contributed by atoms with Crippen LogP contribution in [-0.2, 0) is 16.0 Å². The number of rotatable bonds is 7. The van der Waals surface area contributed by atoms with Crippen LogP contribution in [0.25, 0.3) is 0 Å². The van der Waals surface area contributed by atoms with Gasteiger partial charge in [-0.2, -0.15) is 5.10 Å². The Bertz CT molecular complexity index is 818. The Labute approximate surface area is 151 Å². The lowest BCUT2D eigenvalue weighted by Crippen LogP contribution is -2.25. The van der Waals surface area contributed by atoms with Crippen LogP contribution < -0.4 is 15.5 Å². The van der Waals surface area contributed by atoms with Crippen LogP contribution in [0.15, 0.2) is 47.6 Å². The number of aryl methyl sites for hydroxylation is 1. The van der Waals surface area contributed by atoms with Gasteiger partial charge in [-0.1, -0.05) is 31.2 Å². The van der Waals surface area contributed by atoms with E-state index in [1.807, 2.05) is 25.1 Å². The van der Waals surface area contributed by atoms with Gasteiger partial charge in [-0.25, -0.2) is 5.43 Å². The summed E-state index contributed by atoms with van der Waals surface area (Å²) in [5, 5.41) is 16.4. The third-order valence-corrected chi connectivity index (χ3v) is 3.64. The summed E-state index contributed by atoms with van der Waals surface area (Å²) in [7, 11) is 1.44. The molecule has 0 aliphatic rings. The van der Waals surface area contributed by atoms with E-state index in [9.17, 15) is 14.7 Å². The summed E-state index contributed by atoms with van der Waals surface area (Å²) in [6.07, 6.45) is 1.69. The summed E-state index contributed by atoms with van der Waals surface area (Å²) in [4.78, 5) is 23.8. The molecule has 2 aromatic carbocycles. The first-order chi connectivity index (χ1) is 12.5. The van der Waals surface area contributed by atoms with Crippen LogP contribution in [0.4, 0.5) is 5.69 Å². The van der Waals surface area contributed by atoms with Gasteiger partial charge in [0.25, 0.3) is 0 Å². The van der Waals surface area contributed by atoms with Crippen LogP contribution in [0, 0.1) is 0 Å².